The minimum atomic E-state index is -0.833. The van der Waals surface area contributed by atoms with Crippen LogP contribution < -0.4 is 4.69 Å². The Labute approximate surface area is 31.5 Å². The molecule has 0 fully saturated rings. The van der Waals surface area contributed by atoms with Crippen LogP contribution in [-0.4, -0.2) is 14.6 Å². The van der Waals surface area contributed by atoms with Crippen LogP contribution >= 0.6 is 0 Å². The van der Waals surface area contributed by atoms with Gasteiger partial charge in [0.05, 0.1) is 0 Å². The normalized spacial score (nSPS) is 9.00. The second-order valence-corrected chi connectivity index (χ2v) is 5.60. The van der Waals surface area contributed by atoms with Gasteiger partial charge in [-0.15, -0.1) is 0 Å². The van der Waals surface area contributed by atoms with Crippen molar-refractivity contribution in [2.45, 2.75) is 11.5 Å². The van der Waals surface area contributed by atoms with E-state index in [-0.39, 0.29) is 0 Å². The summed E-state index contributed by atoms with van der Waals surface area (Å²) < 4.78 is 5.28. The van der Waals surface area contributed by atoms with Crippen LogP contribution in [0, 0.1) is 0 Å². The molecule has 2 N–H and O–H groups in total. The number of hydrogen-bond acceptors (Lipinski definition) is 1. The van der Waals surface area contributed by atoms with Gasteiger partial charge in [0.2, 0.25) is 0 Å². The maximum atomic E-state index is 5.28. The Hall–Kier alpha value is 0.503. The minimum absolute atomic E-state index is 0.833. The van der Waals surface area contributed by atoms with Gasteiger partial charge in [-0.3, -0.25) is 0 Å². The molecule has 0 aliphatic rings. The summed E-state index contributed by atoms with van der Waals surface area (Å²) in [7, 11) is 0. The summed E-state index contributed by atoms with van der Waals surface area (Å²) in [6.07, 6.45) is 0. The Balaban J connectivity index is 2.32. The molecule has 0 aliphatic carbocycles. The van der Waals surface area contributed by atoms with Gasteiger partial charge in [-0.25, -0.2) is 0 Å². The van der Waals surface area contributed by atoms with Crippen LogP contribution in [0.25, 0.3) is 0 Å². The van der Waals surface area contributed by atoms with Crippen LogP contribution in [-0.2, 0) is 0 Å². The number of rotatable bonds is 0. The van der Waals surface area contributed by atoms with Crippen molar-refractivity contribution >= 4 is 14.6 Å². The average Bonchev–Trinajstić information content (AvgIpc) is 0.811. The molecule has 0 aromatic carbocycles. The van der Waals surface area contributed by atoms with E-state index in [1.165, 1.54) is 0 Å². The van der Waals surface area contributed by atoms with E-state index < -0.39 is 14.6 Å². The summed E-state index contributed by atoms with van der Waals surface area (Å²) in [6, 6.07) is 0. The second-order valence-electron chi connectivity index (χ2n) is 1.08. The van der Waals surface area contributed by atoms with Gasteiger partial charge < -0.3 is 0 Å². The van der Waals surface area contributed by atoms with Gasteiger partial charge in [0.1, 0.15) is 0 Å². The molecule has 25 valence electrons. The van der Waals surface area contributed by atoms with Crippen LogP contribution in [0.15, 0.2) is 0 Å². The summed E-state index contributed by atoms with van der Waals surface area (Å²) in [5.41, 5.74) is 0. The molecule has 0 spiro atoms. The number of nitrogens with two attached hydrogens (primary N) is 1. The quantitative estimate of drug-likeness (QED) is 0.452. The third-order valence-electron chi connectivity index (χ3n) is 0. The molecule has 0 aliphatic heterocycles. The first-order chi connectivity index (χ1) is 1.73. The van der Waals surface area contributed by atoms with Gasteiger partial charge in [-0.1, -0.05) is 0 Å². The zero-order chi connectivity index (χ0) is 3.58. The fourth-order valence-electron chi connectivity index (χ4n) is 0. The molecular formula is C2H8GeN. The van der Waals surface area contributed by atoms with Gasteiger partial charge in [0, 0.05) is 0 Å². The second kappa shape index (κ2) is 1.79. The SMILES string of the molecule is [CH3][Ge]([CH3])[NH2]. The van der Waals surface area contributed by atoms with Gasteiger partial charge in [-0.05, 0) is 0 Å². The van der Waals surface area contributed by atoms with Crippen molar-refractivity contribution in [2.24, 2.45) is 4.69 Å². The number of hydrogen-bond donors (Lipinski definition) is 1. The van der Waals surface area contributed by atoms with E-state index in [0.29, 0.717) is 0 Å². The molecule has 0 amide bonds. The first-order valence-electron chi connectivity index (χ1n) is 1.29. The van der Waals surface area contributed by atoms with E-state index in [1.807, 2.05) is 0 Å². The molecule has 0 saturated heterocycles. The Kier molecular flexibility index (Phi) is 2.01. The molecular weight excluding hydrogens is 111 g/mol. The molecule has 0 rings (SSSR count). The van der Waals surface area contributed by atoms with Gasteiger partial charge in [-0.2, -0.15) is 0 Å². The van der Waals surface area contributed by atoms with Crippen molar-refractivity contribution in [2.75, 3.05) is 0 Å². The van der Waals surface area contributed by atoms with Crippen molar-refractivity contribution in [1.29, 1.82) is 0 Å². The predicted octanol–water partition coefficient (Wildman–Crippen LogP) is 0.196. The maximum absolute atomic E-state index is 5.28. The van der Waals surface area contributed by atoms with Crippen molar-refractivity contribution in [3.8, 4) is 0 Å². The summed E-state index contributed by atoms with van der Waals surface area (Å²) in [5, 5.41) is 0. The standard InChI is InChI=1S/C2H8GeN/c1-3(2)4/h4H2,1-2H3. The monoisotopic (exact) mass is 120 g/mol. The molecule has 0 heterocycles. The molecule has 0 unspecified atom stereocenters. The van der Waals surface area contributed by atoms with Crippen molar-refractivity contribution in [3.05, 3.63) is 0 Å². The predicted molar refractivity (Wildman–Crippen MR) is 21.7 cm³/mol. The Bertz CT molecular complexity index is 10.8. The van der Waals surface area contributed by atoms with E-state index in [9.17, 15) is 0 Å². The van der Waals surface area contributed by atoms with Crippen LogP contribution in [0.3, 0.4) is 0 Å². The van der Waals surface area contributed by atoms with Crippen LogP contribution in [0.1, 0.15) is 0 Å². The molecule has 0 atom stereocenters. The van der Waals surface area contributed by atoms with Crippen LogP contribution in [0.5, 0.6) is 0 Å². The van der Waals surface area contributed by atoms with E-state index in [2.05, 4.69) is 11.5 Å². The van der Waals surface area contributed by atoms with Gasteiger partial charge >= 0.3 is 30.8 Å². The topological polar surface area (TPSA) is 26.0 Å². The summed E-state index contributed by atoms with van der Waals surface area (Å²) in [5.74, 6) is 4.22. The Morgan fingerprint density at radius 1 is 1.50 bits per heavy atom. The van der Waals surface area contributed by atoms with Crippen molar-refractivity contribution in [3.63, 3.8) is 0 Å². The summed E-state index contributed by atoms with van der Waals surface area (Å²) >= 11 is -0.833. The average molecular weight is 119 g/mol. The summed E-state index contributed by atoms with van der Waals surface area (Å²) in [6.45, 7) is 0. The Morgan fingerprint density at radius 3 is 1.50 bits per heavy atom. The van der Waals surface area contributed by atoms with Crippen molar-refractivity contribution in [1.82, 2.24) is 0 Å². The fourth-order valence-corrected chi connectivity index (χ4v) is 0. The third kappa shape index (κ3) is 22.4. The molecule has 1 radical (unpaired) electrons. The Morgan fingerprint density at radius 2 is 1.50 bits per heavy atom. The zero-order valence-electron chi connectivity index (χ0n) is 3.08. The van der Waals surface area contributed by atoms with Crippen molar-refractivity contribution < 1.29 is 0 Å². The first-order valence-corrected chi connectivity index (χ1v) is 6.70. The molecule has 0 bridgehead atoms. The van der Waals surface area contributed by atoms with E-state index in [1.54, 1.807) is 0 Å². The van der Waals surface area contributed by atoms with E-state index in [4.69, 9.17) is 4.69 Å². The van der Waals surface area contributed by atoms with Crippen LogP contribution in [0.4, 0.5) is 0 Å². The zero-order valence-corrected chi connectivity index (χ0v) is 5.18. The first kappa shape index (κ1) is 4.50. The molecule has 0 aromatic heterocycles. The third-order valence-corrected chi connectivity index (χ3v) is 0. The van der Waals surface area contributed by atoms with Gasteiger partial charge in [0.25, 0.3) is 0 Å². The fraction of sp³-hybridized carbons (Fsp3) is 1.00. The molecule has 0 aromatic rings. The molecule has 0 saturated carbocycles. The van der Waals surface area contributed by atoms with E-state index >= 15 is 0 Å². The molecule has 1 nitrogen and oxygen atoms in total. The molecule has 2 heteroatoms. The van der Waals surface area contributed by atoms with Gasteiger partial charge in [0.15, 0.2) is 0 Å². The molecule has 4 heavy (non-hydrogen) atoms. The van der Waals surface area contributed by atoms with E-state index in [0.717, 1.165) is 0 Å². The summed E-state index contributed by atoms with van der Waals surface area (Å²) in [4.78, 5) is 0. The van der Waals surface area contributed by atoms with Crippen LogP contribution in [0.2, 0.25) is 11.5 Å².